The van der Waals surface area contributed by atoms with Gasteiger partial charge in [0.05, 0.1) is 4.90 Å². The molecule has 1 unspecified atom stereocenters. The number of nitrogens with one attached hydrogen (secondary N) is 1. The van der Waals surface area contributed by atoms with Crippen molar-refractivity contribution < 1.29 is 8.42 Å². The minimum absolute atomic E-state index is 0.220. The fraction of sp³-hybridized carbons (Fsp3) is 0.714. The molecule has 0 radical (unpaired) electrons. The number of aromatic nitrogens is 1. The van der Waals surface area contributed by atoms with E-state index in [1.54, 1.807) is 23.9 Å². The van der Waals surface area contributed by atoms with Crippen LogP contribution in [0.15, 0.2) is 17.2 Å². The third-order valence-corrected chi connectivity index (χ3v) is 5.58. The van der Waals surface area contributed by atoms with E-state index in [0.717, 1.165) is 18.8 Å². The number of hydrogen-bond donors (Lipinski definition) is 2. The predicted octanol–water partition coefficient (Wildman–Crippen LogP) is 0.637. The van der Waals surface area contributed by atoms with Gasteiger partial charge < -0.3 is 10.3 Å². The SMILES string of the molecule is CC(CNS(=O)(=O)c1cc(CN)n(C)c1)N1CCCCC1. The summed E-state index contributed by atoms with van der Waals surface area (Å²) in [4.78, 5) is 2.64. The molecule has 1 aliphatic heterocycles. The third-order valence-electron chi connectivity index (χ3n) is 4.19. The van der Waals surface area contributed by atoms with Crippen LogP contribution in [0.2, 0.25) is 0 Å². The number of rotatable bonds is 6. The fourth-order valence-corrected chi connectivity index (χ4v) is 3.94. The van der Waals surface area contributed by atoms with E-state index in [0.29, 0.717) is 13.1 Å². The Morgan fingerprint density at radius 1 is 1.33 bits per heavy atom. The highest BCUT2D eigenvalue weighted by molar-refractivity contribution is 7.89. The minimum atomic E-state index is -3.46. The van der Waals surface area contributed by atoms with E-state index in [-0.39, 0.29) is 10.9 Å². The molecular weight excluding hydrogens is 288 g/mol. The van der Waals surface area contributed by atoms with Crippen molar-refractivity contribution in [1.82, 2.24) is 14.2 Å². The van der Waals surface area contributed by atoms with E-state index < -0.39 is 10.0 Å². The van der Waals surface area contributed by atoms with E-state index in [1.807, 2.05) is 0 Å². The lowest BCUT2D eigenvalue weighted by Crippen LogP contribution is -2.44. The Labute approximate surface area is 127 Å². The van der Waals surface area contributed by atoms with Crippen LogP contribution in [0.3, 0.4) is 0 Å². The lowest BCUT2D eigenvalue weighted by atomic mass is 10.1. The molecule has 1 fully saturated rings. The summed E-state index contributed by atoms with van der Waals surface area (Å²) in [6.45, 7) is 4.96. The Kier molecular flexibility index (Phi) is 5.43. The Hall–Kier alpha value is -0.890. The first kappa shape index (κ1) is 16.5. The van der Waals surface area contributed by atoms with Crippen LogP contribution in [-0.4, -0.2) is 43.6 Å². The third kappa shape index (κ3) is 4.06. The predicted molar refractivity (Wildman–Crippen MR) is 83.4 cm³/mol. The molecule has 0 bridgehead atoms. The molecule has 120 valence electrons. The summed E-state index contributed by atoms with van der Waals surface area (Å²) in [5, 5.41) is 0. The van der Waals surface area contributed by atoms with E-state index in [2.05, 4.69) is 16.5 Å². The van der Waals surface area contributed by atoms with Crippen molar-refractivity contribution >= 4 is 10.0 Å². The summed E-state index contributed by atoms with van der Waals surface area (Å²) in [7, 11) is -1.66. The van der Waals surface area contributed by atoms with Gasteiger partial charge in [-0.3, -0.25) is 4.90 Å². The molecular formula is C14H26N4O2S. The van der Waals surface area contributed by atoms with Crippen LogP contribution in [0, 0.1) is 0 Å². The fourth-order valence-electron chi connectivity index (χ4n) is 2.73. The summed E-state index contributed by atoms with van der Waals surface area (Å²) >= 11 is 0. The molecule has 6 nitrogen and oxygen atoms in total. The van der Waals surface area contributed by atoms with Crippen molar-refractivity contribution in [2.45, 2.75) is 43.7 Å². The summed E-state index contributed by atoms with van der Waals surface area (Å²) in [5.74, 6) is 0. The van der Waals surface area contributed by atoms with Crippen LogP contribution < -0.4 is 10.5 Å². The second-order valence-corrected chi connectivity index (χ2v) is 7.55. The first-order valence-electron chi connectivity index (χ1n) is 7.53. The largest absolute Gasteiger partial charge is 0.352 e. The monoisotopic (exact) mass is 314 g/mol. The average molecular weight is 314 g/mol. The maximum Gasteiger partial charge on any atom is 0.242 e. The molecule has 0 amide bonds. The van der Waals surface area contributed by atoms with Crippen molar-refractivity contribution in [2.75, 3.05) is 19.6 Å². The highest BCUT2D eigenvalue weighted by Gasteiger charge is 2.21. The van der Waals surface area contributed by atoms with Crippen LogP contribution in [0.1, 0.15) is 31.9 Å². The van der Waals surface area contributed by atoms with E-state index in [1.165, 1.54) is 19.3 Å². The molecule has 0 spiro atoms. The number of sulfonamides is 1. The number of piperidine rings is 1. The quantitative estimate of drug-likeness (QED) is 0.807. The molecule has 21 heavy (non-hydrogen) atoms. The maximum absolute atomic E-state index is 12.3. The first-order valence-corrected chi connectivity index (χ1v) is 9.01. The number of aryl methyl sites for hydroxylation is 1. The normalized spacial score (nSPS) is 18.8. The molecule has 0 saturated carbocycles. The Bertz CT molecular complexity index is 562. The lowest BCUT2D eigenvalue weighted by Gasteiger charge is -2.32. The zero-order valence-corrected chi connectivity index (χ0v) is 13.7. The van der Waals surface area contributed by atoms with E-state index in [4.69, 9.17) is 5.73 Å². The standard InChI is InChI=1S/C14H26N4O2S/c1-12(18-6-4-3-5-7-18)10-16-21(19,20)14-8-13(9-15)17(2)11-14/h8,11-12,16H,3-7,9-10,15H2,1-2H3. The lowest BCUT2D eigenvalue weighted by molar-refractivity contribution is 0.175. The van der Waals surface area contributed by atoms with Crippen LogP contribution in [0.5, 0.6) is 0 Å². The zero-order chi connectivity index (χ0) is 15.5. The second-order valence-electron chi connectivity index (χ2n) is 5.78. The zero-order valence-electron chi connectivity index (χ0n) is 12.9. The van der Waals surface area contributed by atoms with Crippen molar-refractivity contribution in [3.63, 3.8) is 0 Å². The maximum atomic E-state index is 12.3. The smallest absolute Gasteiger partial charge is 0.242 e. The van der Waals surface area contributed by atoms with Crippen LogP contribution in [-0.2, 0) is 23.6 Å². The molecule has 2 heterocycles. The van der Waals surface area contributed by atoms with Gasteiger partial charge in [-0.1, -0.05) is 6.42 Å². The molecule has 1 atom stereocenters. The second kappa shape index (κ2) is 6.91. The van der Waals surface area contributed by atoms with Gasteiger partial charge in [0.2, 0.25) is 10.0 Å². The Balaban J connectivity index is 1.96. The topological polar surface area (TPSA) is 80.4 Å². The van der Waals surface area contributed by atoms with Crippen molar-refractivity contribution in [3.8, 4) is 0 Å². The van der Waals surface area contributed by atoms with Gasteiger partial charge in [0, 0.05) is 38.1 Å². The van der Waals surface area contributed by atoms with Gasteiger partial charge in [-0.2, -0.15) is 0 Å². The average Bonchev–Trinajstić information content (AvgIpc) is 2.88. The Morgan fingerprint density at radius 3 is 2.57 bits per heavy atom. The molecule has 0 aliphatic carbocycles. The first-order chi connectivity index (χ1) is 9.94. The number of nitrogens with two attached hydrogens (primary N) is 1. The van der Waals surface area contributed by atoms with Crippen LogP contribution >= 0.6 is 0 Å². The Morgan fingerprint density at radius 2 is 2.00 bits per heavy atom. The molecule has 3 N–H and O–H groups in total. The minimum Gasteiger partial charge on any atom is -0.352 e. The number of nitrogens with zero attached hydrogens (tertiary/aromatic N) is 2. The highest BCUT2D eigenvalue weighted by atomic mass is 32.2. The van der Waals surface area contributed by atoms with Gasteiger partial charge in [0.1, 0.15) is 0 Å². The van der Waals surface area contributed by atoms with Crippen molar-refractivity contribution in [2.24, 2.45) is 12.8 Å². The van der Waals surface area contributed by atoms with Gasteiger partial charge in [-0.25, -0.2) is 13.1 Å². The molecule has 1 saturated heterocycles. The van der Waals surface area contributed by atoms with E-state index >= 15 is 0 Å². The van der Waals surface area contributed by atoms with E-state index in [9.17, 15) is 8.42 Å². The molecule has 1 aromatic heterocycles. The molecule has 0 aromatic carbocycles. The molecule has 1 aliphatic rings. The van der Waals surface area contributed by atoms with Gasteiger partial charge >= 0.3 is 0 Å². The van der Waals surface area contributed by atoms with Crippen molar-refractivity contribution in [1.29, 1.82) is 0 Å². The molecule has 1 aromatic rings. The number of likely N-dealkylation sites (tertiary alicyclic amines) is 1. The van der Waals surface area contributed by atoms with Crippen LogP contribution in [0.25, 0.3) is 0 Å². The summed E-state index contributed by atoms with van der Waals surface area (Å²) < 4.78 is 29.1. The van der Waals surface area contributed by atoms with Crippen LogP contribution in [0.4, 0.5) is 0 Å². The highest BCUT2D eigenvalue weighted by Crippen LogP contribution is 2.14. The summed E-state index contributed by atoms with van der Waals surface area (Å²) in [6.07, 6.45) is 5.29. The molecule has 7 heteroatoms. The van der Waals surface area contributed by atoms with Gasteiger partial charge in [-0.05, 0) is 38.9 Å². The van der Waals surface area contributed by atoms with Gasteiger partial charge in [-0.15, -0.1) is 0 Å². The summed E-state index contributed by atoms with van der Waals surface area (Å²) in [5.41, 5.74) is 6.39. The van der Waals surface area contributed by atoms with Gasteiger partial charge in [0.25, 0.3) is 0 Å². The van der Waals surface area contributed by atoms with Gasteiger partial charge in [0.15, 0.2) is 0 Å². The van der Waals surface area contributed by atoms with Crippen molar-refractivity contribution in [3.05, 3.63) is 18.0 Å². The summed E-state index contributed by atoms with van der Waals surface area (Å²) in [6, 6.07) is 1.85. The molecule has 2 rings (SSSR count). The number of hydrogen-bond acceptors (Lipinski definition) is 4.